The quantitative estimate of drug-likeness (QED) is 0.768. The van der Waals surface area contributed by atoms with Gasteiger partial charge in [0.05, 0.1) is 12.2 Å². The van der Waals surface area contributed by atoms with E-state index in [0.717, 1.165) is 37.4 Å². The average Bonchev–Trinajstić information content (AvgIpc) is 2.86. The zero-order valence-electron chi connectivity index (χ0n) is 16.5. The summed E-state index contributed by atoms with van der Waals surface area (Å²) in [6.45, 7) is 8.54. The van der Waals surface area contributed by atoms with Gasteiger partial charge >= 0.3 is 0 Å². The fraction of sp³-hybridized carbons (Fsp3) is 0.500. The van der Waals surface area contributed by atoms with Crippen molar-refractivity contribution in [2.45, 2.75) is 40.2 Å². The third-order valence-corrected chi connectivity index (χ3v) is 4.70. The number of carbonyl (C=O) groups excluding carboxylic acids is 1. The van der Waals surface area contributed by atoms with Gasteiger partial charge < -0.3 is 10.2 Å². The zero-order chi connectivity index (χ0) is 18.4. The van der Waals surface area contributed by atoms with Gasteiger partial charge in [0.1, 0.15) is 0 Å². The molecule has 0 radical (unpaired) electrons. The Kier molecular flexibility index (Phi) is 8.82. The van der Waals surface area contributed by atoms with Crippen LogP contribution in [0.25, 0.3) is 0 Å². The van der Waals surface area contributed by atoms with Gasteiger partial charge in [-0.2, -0.15) is 5.10 Å². The highest BCUT2D eigenvalue weighted by molar-refractivity contribution is 5.85. The van der Waals surface area contributed by atoms with E-state index < -0.39 is 0 Å². The van der Waals surface area contributed by atoms with E-state index in [0.29, 0.717) is 6.42 Å². The Morgan fingerprint density at radius 2 is 1.85 bits per heavy atom. The van der Waals surface area contributed by atoms with Crippen LogP contribution in [0.3, 0.4) is 0 Å². The van der Waals surface area contributed by atoms with Crippen molar-refractivity contribution in [3.63, 3.8) is 0 Å². The van der Waals surface area contributed by atoms with Crippen molar-refractivity contribution in [3.05, 3.63) is 52.3 Å². The first-order chi connectivity index (χ1) is 11.9. The highest BCUT2D eigenvalue weighted by Crippen LogP contribution is 2.17. The molecule has 0 bridgehead atoms. The SMILES string of the molecule is CNCCN(C)C(=O)CCc1c(C)nn(Cc2ccc(C)cc2)c1C.Cl. The number of amides is 1. The van der Waals surface area contributed by atoms with E-state index in [1.807, 2.05) is 25.7 Å². The molecule has 1 N–H and O–H groups in total. The Morgan fingerprint density at radius 1 is 1.19 bits per heavy atom. The van der Waals surface area contributed by atoms with Crippen molar-refractivity contribution in [3.8, 4) is 0 Å². The van der Waals surface area contributed by atoms with Crippen LogP contribution in [0.2, 0.25) is 0 Å². The molecular formula is C20H31ClN4O. The standard InChI is InChI=1S/C20H30N4O.ClH/c1-15-6-8-18(9-7-15)14-24-17(3)19(16(2)22-24)10-11-20(25)23(5)13-12-21-4;/h6-9,21H,10-14H2,1-5H3;1H. The van der Waals surface area contributed by atoms with Crippen molar-refractivity contribution in [2.75, 3.05) is 27.2 Å². The lowest BCUT2D eigenvalue weighted by molar-refractivity contribution is -0.129. The minimum Gasteiger partial charge on any atom is -0.344 e. The molecule has 0 saturated heterocycles. The number of aryl methyl sites for hydroxylation is 2. The largest absolute Gasteiger partial charge is 0.344 e. The third-order valence-electron chi connectivity index (χ3n) is 4.70. The van der Waals surface area contributed by atoms with Crippen LogP contribution in [0, 0.1) is 20.8 Å². The molecule has 1 heterocycles. The van der Waals surface area contributed by atoms with Gasteiger partial charge in [-0.1, -0.05) is 29.8 Å². The highest BCUT2D eigenvalue weighted by Gasteiger charge is 2.15. The molecule has 1 aromatic carbocycles. The summed E-state index contributed by atoms with van der Waals surface area (Å²) in [4.78, 5) is 14.0. The normalized spacial score (nSPS) is 10.5. The first-order valence-corrected chi connectivity index (χ1v) is 8.89. The summed E-state index contributed by atoms with van der Waals surface area (Å²) in [6.07, 6.45) is 1.27. The van der Waals surface area contributed by atoms with E-state index in [-0.39, 0.29) is 18.3 Å². The number of hydrogen-bond donors (Lipinski definition) is 1. The lowest BCUT2D eigenvalue weighted by Gasteiger charge is -2.16. The molecule has 0 unspecified atom stereocenters. The lowest BCUT2D eigenvalue weighted by Crippen LogP contribution is -2.32. The monoisotopic (exact) mass is 378 g/mol. The maximum atomic E-state index is 12.2. The second-order valence-electron chi connectivity index (χ2n) is 6.71. The smallest absolute Gasteiger partial charge is 0.222 e. The van der Waals surface area contributed by atoms with Crippen LogP contribution in [0.5, 0.6) is 0 Å². The molecule has 0 aliphatic heterocycles. The van der Waals surface area contributed by atoms with Crippen molar-refractivity contribution in [1.29, 1.82) is 0 Å². The number of aromatic nitrogens is 2. The van der Waals surface area contributed by atoms with E-state index in [2.05, 4.69) is 48.5 Å². The Labute approximate surface area is 163 Å². The number of nitrogens with one attached hydrogen (secondary N) is 1. The van der Waals surface area contributed by atoms with Crippen LogP contribution in [0.4, 0.5) is 0 Å². The maximum Gasteiger partial charge on any atom is 0.222 e. The lowest BCUT2D eigenvalue weighted by atomic mass is 10.1. The van der Waals surface area contributed by atoms with Crippen LogP contribution in [-0.4, -0.2) is 47.8 Å². The minimum atomic E-state index is 0. The molecular weight excluding hydrogens is 348 g/mol. The molecule has 0 saturated carbocycles. The molecule has 2 aromatic rings. The predicted molar refractivity (Wildman–Crippen MR) is 109 cm³/mol. The number of carbonyl (C=O) groups is 1. The molecule has 5 nitrogen and oxygen atoms in total. The summed E-state index contributed by atoms with van der Waals surface area (Å²) in [6, 6.07) is 8.54. The molecule has 1 amide bonds. The molecule has 144 valence electrons. The summed E-state index contributed by atoms with van der Waals surface area (Å²) in [5.74, 6) is 0.181. The number of nitrogens with zero attached hydrogens (tertiary/aromatic N) is 3. The van der Waals surface area contributed by atoms with Crippen LogP contribution in [0.15, 0.2) is 24.3 Å². The van der Waals surface area contributed by atoms with E-state index in [4.69, 9.17) is 0 Å². The van der Waals surface area contributed by atoms with Crippen molar-refractivity contribution in [1.82, 2.24) is 20.0 Å². The number of likely N-dealkylation sites (N-methyl/N-ethyl adjacent to an activating group) is 2. The van der Waals surface area contributed by atoms with Gasteiger partial charge in [-0.3, -0.25) is 9.48 Å². The third kappa shape index (κ3) is 5.85. The summed E-state index contributed by atoms with van der Waals surface area (Å²) >= 11 is 0. The Morgan fingerprint density at radius 3 is 2.46 bits per heavy atom. The number of hydrogen-bond acceptors (Lipinski definition) is 3. The van der Waals surface area contributed by atoms with Crippen LogP contribution >= 0.6 is 12.4 Å². The van der Waals surface area contributed by atoms with Gasteiger partial charge in [0, 0.05) is 32.3 Å². The van der Waals surface area contributed by atoms with Crippen molar-refractivity contribution >= 4 is 18.3 Å². The van der Waals surface area contributed by atoms with Crippen LogP contribution in [0.1, 0.15) is 34.5 Å². The van der Waals surface area contributed by atoms with Gasteiger partial charge in [0.25, 0.3) is 0 Å². The van der Waals surface area contributed by atoms with E-state index in [1.165, 1.54) is 16.7 Å². The van der Waals surface area contributed by atoms with Gasteiger partial charge in [-0.15, -0.1) is 12.4 Å². The van der Waals surface area contributed by atoms with Gasteiger partial charge in [-0.05, 0) is 45.4 Å². The molecule has 0 fully saturated rings. The molecule has 2 rings (SSSR count). The number of rotatable bonds is 8. The Hall–Kier alpha value is -1.85. The van der Waals surface area contributed by atoms with E-state index in [1.54, 1.807) is 4.90 Å². The summed E-state index contributed by atoms with van der Waals surface area (Å²) in [5, 5.41) is 7.75. The molecule has 1 aromatic heterocycles. The molecule has 0 spiro atoms. The minimum absolute atomic E-state index is 0. The molecule has 6 heteroatoms. The van der Waals surface area contributed by atoms with Gasteiger partial charge in [0.2, 0.25) is 5.91 Å². The molecule has 0 aliphatic rings. The second-order valence-corrected chi connectivity index (χ2v) is 6.71. The van der Waals surface area contributed by atoms with Crippen LogP contribution in [-0.2, 0) is 17.8 Å². The average molecular weight is 379 g/mol. The molecule has 26 heavy (non-hydrogen) atoms. The van der Waals surface area contributed by atoms with E-state index in [9.17, 15) is 4.79 Å². The molecule has 0 aliphatic carbocycles. The first-order valence-electron chi connectivity index (χ1n) is 8.89. The fourth-order valence-corrected chi connectivity index (χ4v) is 2.94. The van der Waals surface area contributed by atoms with Crippen molar-refractivity contribution in [2.24, 2.45) is 0 Å². The van der Waals surface area contributed by atoms with Gasteiger partial charge in [-0.25, -0.2) is 0 Å². The maximum absolute atomic E-state index is 12.2. The molecule has 0 atom stereocenters. The number of benzene rings is 1. The summed E-state index contributed by atoms with van der Waals surface area (Å²) in [5.41, 5.74) is 5.88. The summed E-state index contributed by atoms with van der Waals surface area (Å²) in [7, 11) is 3.76. The Balaban J connectivity index is 0.00000338. The second kappa shape index (κ2) is 10.3. The number of halogens is 1. The topological polar surface area (TPSA) is 50.2 Å². The highest BCUT2D eigenvalue weighted by atomic mass is 35.5. The first kappa shape index (κ1) is 22.2. The Bertz CT molecular complexity index is 709. The van der Waals surface area contributed by atoms with Crippen LogP contribution < -0.4 is 5.32 Å². The van der Waals surface area contributed by atoms with E-state index >= 15 is 0 Å². The summed E-state index contributed by atoms with van der Waals surface area (Å²) < 4.78 is 2.05. The predicted octanol–water partition coefficient (Wildman–Crippen LogP) is 2.89. The van der Waals surface area contributed by atoms with Crippen molar-refractivity contribution < 1.29 is 4.79 Å². The van der Waals surface area contributed by atoms with Gasteiger partial charge in [0.15, 0.2) is 0 Å². The zero-order valence-corrected chi connectivity index (χ0v) is 17.3. The fourth-order valence-electron chi connectivity index (χ4n) is 2.94.